The summed E-state index contributed by atoms with van der Waals surface area (Å²) in [5, 5.41) is 9.69. The van der Waals surface area contributed by atoms with Crippen LogP contribution in [0.4, 0.5) is 0 Å². The molecule has 1 heterocycles. The highest BCUT2D eigenvalue weighted by atomic mass is 35.5. The van der Waals surface area contributed by atoms with Crippen LogP contribution in [0.1, 0.15) is 26.0 Å². The standard InChI is InChI=1S/C18H16ClNO3/c1-3-12(2)22-18(21)13(11-20)10-14-8-9-17(23-14)15-6-4-5-7-16(15)19/h4-10,12H,3H2,1-2H3/b13-10-/t12-/m1/s1. The third-order valence-corrected chi connectivity index (χ3v) is 3.61. The number of halogens is 1. The van der Waals surface area contributed by atoms with E-state index in [1.807, 2.05) is 31.2 Å². The average molecular weight is 330 g/mol. The van der Waals surface area contributed by atoms with Gasteiger partial charge >= 0.3 is 5.97 Å². The van der Waals surface area contributed by atoms with Crippen LogP contribution in [0.3, 0.4) is 0 Å². The summed E-state index contributed by atoms with van der Waals surface area (Å²) in [4.78, 5) is 11.9. The number of esters is 1. The van der Waals surface area contributed by atoms with Gasteiger partial charge in [0.2, 0.25) is 0 Å². The molecule has 0 unspecified atom stereocenters. The largest absolute Gasteiger partial charge is 0.459 e. The molecule has 0 aliphatic heterocycles. The van der Waals surface area contributed by atoms with E-state index >= 15 is 0 Å². The van der Waals surface area contributed by atoms with E-state index in [0.717, 1.165) is 5.56 Å². The molecule has 0 bridgehead atoms. The third-order valence-electron chi connectivity index (χ3n) is 3.28. The monoisotopic (exact) mass is 329 g/mol. The van der Waals surface area contributed by atoms with Gasteiger partial charge in [0.25, 0.3) is 0 Å². The summed E-state index contributed by atoms with van der Waals surface area (Å²) in [6.45, 7) is 3.67. The minimum absolute atomic E-state index is 0.106. The Morgan fingerprint density at radius 3 is 2.78 bits per heavy atom. The van der Waals surface area contributed by atoms with Crippen LogP contribution in [-0.2, 0) is 9.53 Å². The summed E-state index contributed by atoms with van der Waals surface area (Å²) in [7, 11) is 0. The van der Waals surface area contributed by atoms with Crippen LogP contribution in [0.5, 0.6) is 0 Å². The van der Waals surface area contributed by atoms with Gasteiger partial charge in [0, 0.05) is 11.6 Å². The summed E-state index contributed by atoms with van der Waals surface area (Å²) in [6, 6.07) is 12.5. The van der Waals surface area contributed by atoms with E-state index in [0.29, 0.717) is 23.0 Å². The normalized spacial score (nSPS) is 12.5. The number of ether oxygens (including phenoxy) is 1. The maximum atomic E-state index is 11.9. The summed E-state index contributed by atoms with van der Waals surface area (Å²) in [6.07, 6.45) is 1.81. The molecule has 5 heteroatoms. The van der Waals surface area contributed by atoms with Gasteiger partial charge in [-0.1, -0.05) is 30.7 Å². The first-order chi connectivity index (χ1) is 11.0. The Morgan fingerprint density at radius 2 is 2.13 bits per heavy atom. The lowest BCUT2D eigenvalue weighted by Crippen LogP contribution is -2.15. The van der Waals surface area contributed by atoms with E-state index < -0.39 is 5.97 Å². The highest BCUT2D eigenvalue weighted by Gasteiger charge is 2.15. The van der Waals surface area contributed by atoms with Crippen molar-refractivity contribution in [2.45, 2.75) is 26.4 Å². The third kappa shape index (κ3) is 4.24. The smallest absolute Gasteiger partial charge is 0.349 e. The lowest BCUT2D eigenvalue weighted by Gasteiger charge is -2.09. The van der Waals surface area contributed by atoms with Crippen molar-refractivity contribution < 1.29 is 13.9 Å². The number of hydrogen-bond donors (Lipinski definition) is 0. The predicted molar refractivity (Wildman–Crippen MR) is 88.6 cm³/mol. The molecule has 1 aromatic heterocycles. The first kappa shape index (κ1) is 16.9. The molecule has 0 spiro atoms. The van der Waals surface area contributed by atoms with Gasteiger partial charge in [-0.3, -0.25) is 0 Å². The first-order valence-corrected chi connectivity index (χ1v) is 7.60. The highest BCUT2D eigenvalue weighted by Crippen LogP contribution is 2.29. The van der Waals surface area contributed by atoms with E-state index in [1.165, 1.54) is 6.08 Å². The number of rotatable bonds is 5. The number of furan rings is 1. The molecule has 0 saturated heterocycles. The zero-order valence-electron chi connectivity index (χ0n) is 12.9. The number of nitrogens with zero attached hydrogens (tertiary/aromatic N) is 1. The Balaban J connectivity index is 2.24. The Morgan fingerprint density at radius 1 is 1.39 bits per heavy atom. The number of benzene rings is 1. The van der Waals surface area contributed by atoms with Crippen LogP contribution >= 0.6 is 11.6 Å². The fourth-order valence-electron chi connectivity index (χ4n) is 1.84. The van der Waals surface area contributed by atoms with Crippen molar-refractivity contribution in [2.24, 2.45) is 0 Å². The van der Waals surface area contributed by atoms with Crippen LogP contribution in [-0.4, -0.2) is 12.1 Å². The predicted octanol–water partition coefficient (Wildman–Crippen LogP) is 4.85. The Hall–Kier alpha value is -2.51. The van der Waals surface area contributed by atoms with Crippen LogP contribution in [0.25, 0.3) is 17.4 Å². The van der Waals surface area contributed by atoms with Crippen molar-refractivity contribution in [3.05, 3.63) is 52.8 Å². The van der Waals surface area contributed by atoms with E-state index in [4.69, 9.17) is 26.0 Å². The Labute approximate surface area is 139 Å². The molecule has 1 atom stereocenters. The first-order valence-electron chi connectivity index (χ1n) is 7.22. The second-order valence-corrected chi connectivity index (χ2v) is 5.38. The molecule has 0 radical (unpaired) electrons. The van der Waals surface area contributed by atoms with E-state index in [1.54, 1.807) is 25.1 Å². The molecule has 2 aromatic rings. The summed E-state index contributed by atoms with van der Waals surface area (Å²) in [5.41, 5.74) is 0.639. The van der Waals surface area contributed by atoms with Gasteiger partial charge in [-0.05, 0) is 37.6 Å². The van der Waals surface area contributed by atoms with Crippen molar-refractivity contribution in [2.75, 3.05) is 0 Å². The van der Waals surface area contributed by atoms with Crippen molar-refractivity contribution >= 4 is 23.6 Å². The fourth-order valence-corrected chi connectivity index (χ4v) is 2.07. The summed E-state index contributed by atoms with van der Waals surface area (Å²) in [5.74, 6) is 0.296. The van der Waals surface area contributed by atoms with Crippen molar-refractivity contribution in [3.8, 4) is 17.4 Å². The molecule has 0 saturated carbocycles. The molecular weight excluding hydrogens is 314 g/mol. The SMILES string of the molecule is CC[C@@H](C)OC(=O)/C(C#N)=C\c1ccc(-c2ccccc2Cl)o1. The summed E-state index contributed by atoms with van der Waals surface area (Å²) >= 11 is 6.12. The topological polar surface area (TPSA) is 63.2 Å². The van der Waals surface area contributed by atoms with Gasteiger partial charge in [-0.2, -0.15) is 5.26 Å². The number of carbonyl (C=O) groups is 1. The molecule has 1 aromatic carbocycles. The van der Waals surface area contributed by atoms with Crippen LogP contribution in [0.15, 0.2) is 46.4 Å². The van der Waals surface area contributed by atoms with Gasteiger partial charge in [0.05, 0.1) is 11.1 Å². The molecule has 2 rings (SSSR count). The number of carbonyl (C=O) groups excluding carboxylic acids is 1. The van der Waals surface area contributed by atoms with Crippen LogP contribution in [0, 0.1) is 11.3 Å². The van der Waals surface area contributed by atoms with Gasteiger partial charge in [0.15, 0.2) is 0 Å². The van der Waals surface area contributed by atoms with Gasteiger partial charge in [-0.15, -0.1) is 0 Å². The average Bonchev–Trinajstić information content (AvgIpc) is 3.01. The zero-order valence-corrected chi connectivity index (χ0v) is 13.6. The maximum Gasteiger partial charge on any atom is 0.349 e. The molecule has 0 fully saturated rings. The lowest BCUT2D eigenvalue weighted by atomic mass is 10.2. The van der Waals surface area contributed by atoms with E-state index in [-0.39, 0.29) is 11.7 Å². The fraction of sp³-hybridized carbons (Fsp3) is 0.222. The Kier molecular flexibility index (Phi) is 5.61. The van der Waals surface area contributed by atoms with Crippen LogP contribution < -0.4 is 0 Å². The second kappa shape index (κ2) is 7.66. The maximum absolute atomic E-state index is 11.9. The zero-order chi connectivity index (χ0) is 16.8. The van der Waals surface area contributed by atoms with Crippen molar-refractivity contribution in [3.63, 3.8) is 0 Å². The van der Waals surface area contributed by atoms with Gasteiger partial charge < -0.3 is 9.15 Å². The quantitative estimate of drug-likeness (QED) is 0.447. The molecule has 4 nitrogen and oxygen atoms in total. The van der Waals surface area contributed by atoms with Crippen LogP contribution in [0.2, 0.25) is 5.02 Å². The van der Waals surface area contributed by atoms with E-state index in [9.17, 15) is 4.79 Å². The number of hydrogen-bond acceptors (Lipinski definition) is 4. The molecule has 0 amide bonds. The minimum Gasteiger partial charge on any atom is -0.459 e. The molecule has 118 valence electrons. The minimum atomic E-state index is -0.655. The molecule has 0 aliphatic carbocycles. The van der Waals surface area contributed by atoms with Gasteiger partial charge in [-0.25, -0.2) is 4.79 Å². The van der Waals surface area contributed by atoms with Gasteiger partial charge in [0.1, 0.15) is 23.2 Å². The number of nitriles is 1. The Bertz CT molecular complexity index is 771. The molecule has 0 N–H and O–H groups in total. The highest BCUT2D eigenvalue weighted by molar-refractivity contribution is 6.33. The molecule has 0 aliphatic rings. The van der Waals surface area contributed by atoms with E-state index in [2.05, 4.69) is 0 Å². The lowest BCUT2D eigenvalue weighted by molar-refractivity contribution is -0.142. The van der Waals surface area contributed by atoms with Crippen molar-refractivity contribution in [1.82, 2.24) is 0 Å². The second-order valence-electron chi connectivity index (χ2n) is 4.98. The summed E-state index contributed by atoms with van der Waals surface area (Å²) < 4.78 is 10.8. The molecule has 23 heavy (non-hydrogen) atoms. The molecular formula is C18H16ClNO3. The van der Waals surface area contributed by atoms with Crippen molar-refractivity contribution in [1.29, 1.82) is 5.26 Å².